The summed E-state index contributed by atoms with van der Waals surface area (Å²) in [7, 11) is 1.78. The largest absolute Gasteiger partial charge is 0.345 e. The number of aryl methyl sites for hydroxylation is 1. The highest BCUT2D eigenvalue weighted by Gasteiger charge is 2.46. The van der Waals surface area contributed by atoms with Crippen LogP contribution in [0.2, 0.25) is 0 Å². The van der Waals surface area contributed by atoms with Crippen molar-refractivity contribution in [3.63, 3.8) is 0 Å². The first-order valence-corrected chi connectivity index (χ1v) is 8.41. The summed E-state index contributed by atoms with van der Waals surface area (Å²) in [6.07, 6.45) is 5.23. The topological polar surface area (TPSA) is 76.9 Å². The van der Waals surface area contributed by atoms with Crippen molar-refractivity contribution >= 4 is 11.8 Å². The minimum Gasteiger partial charge on any atom is -0.345 e. The minimum absolute atomic E-state index is 0.0833. The number of carbonyl (C=O) groups excluding carboxylic acids is 2. The molecule has 3 heterocycles. The van der Waals surface area contributed by atoms with Crippen molar-refractivity contribution in [3.8, 4) is 0 Å². The summed E-state index contributed by atoms with van der Waals surface area (Å²) >= 11 is 0. The van der Waals surface area contributed by atoms with Crippen molar-refractivity contribution in [2.75, 3.05) is 39.4 Å². The van der Waals surface area contributed by atoms with E-state index in [4.69, 9.17) is 9.47 Å². The third-order valence-electron chi connectivity index (χ3n) is 4.79. The monoisotopic (exact) mass is 334 g/mol. The number of rotatable bonds is 2. The highest BCUT2D eigenvalue weighted by molar-refractivity contribution is 5.93. The molecule has 2 amide bonds. The van der Waals surface area contributed by atoms with E-state index in [1.54, 1.807) is 29.0 Å². The molecule has 1 aromatic heterocycles. The average molecular weight is 334 g/mol. The van der Waals surface area contributed by atoms with Gasteiger partial charge >= 0.3 is 0 Å². The summed E-state index contributed by atoms with van der Waals surface area (Å²) < 4.78 is 13.4. The normalized spacial score (nSPS) is 27.5. The number of aromatic nitrogens is 2. The zero-order valence-corrected chi connectivity index (χ0v) is 13.8. The Kier molecular flexibility index (Phi) is 3.80. The zero-order chi connectivity index (χ0) is 16.7. The molecule has 2 aliphatic heterocycles. The van der Waals surface area contributed by atoms with Crippen LogP contribution in [0.3, 0.4) is 0 Å². The van der Waals surface area contributed by atoms with Gasteiger partial charge in [0.05, 0.1) is 38.1 Å². The number of carbonyl (C=O) groups is 2. The smallest absolute Gasteiger partial charge is 0.257 e. The maximum atomic E-state index is 12.7. The summed E-state index contributed by atoms with van der Waals surface area (Å²) in [5.41, 5.74) is 0.552. The second-order valence-electron chi connectivity index (χ2n) is 6.77. The lowest BCUT2D eigenvalue weighted by Gasteiger charge is -2.47. The van der Waals surface area contributed by atoms with E-state index in [0.717, 1.165) is 12.8 Å². The van der Waals surface area contributed by atoms with Gasteiger partial charge in [0.1, 0.15) is 0 Å². The summed E-state index contributed by atoms with van der Waals surface area (Å²) in [6.45, 7) is 2.66. The molecule has 4 rings (SSSR count). The first-order valence-electron chi connectivity index (χ1n) is 8.41. The van der Waals surface area contributed by atoms with Crippen molar-refractivity contribution < 1.29 is 19.1 Å². The predicted octanol–water partition coefficient (Wildman–Crippen LogP) is -0.142. The first kappa shape index (κ1) is 15.6. The number of hydrogen-bond acceptors (Lipinski definition) is 5. The zero-order valence-electron chi connectivity index (χ0n) is 13.8. The van der Waals surface area contributed by atoms with Crippen molar-refractivity contribution in [2.45, 2.75) is 18.6 Å². The van der Waals surface area contributed by atoms with Crippen LogP contribution in [-0.4, -0.2) is 76.6 Å². The minimum atomic E-state index is -0.904. The molecule has 1 aromatic rings. The summed E-state index contributed by atoms with van der Waals surface area (Å²) in [4.78, 5) is 28.6. The predicted molar refractivity (Wildman–Crippen MR) is 83.1 cm³/mol. The molecule has 3 aliphatic rings. The van der Waals surface area contributed by atoms with E-state index in [-0.39, 0.29) is 17.7 Å². The van der Waals surface area contributed by atoms with Crippen LogP contribution in [0.5, 0.6) is 0 Å². The third-order valence-corrected chi connectivity index (χ3v) is 4.79. The molecular weight excluding hydrogens is 312 g/mol. The van der Waals surface area contributed by atoms with Crippen molar-refractivity contribution in [2.24, 2.45) is 13.0 Å². The fourth-order valence-electron chi connectivity index (χ4n) is 3.36. The number of nitrogens with zero attached hydrogens (tertiary/aromatic N) is 4. The molecule has 1 unspecified atom stereocenters. The van der Waals surface area contributed by atoms with E-state index in [1.807, 2.05) is 4.90 Å². The van der Waals surface area contributed by atoms with Gasteiger partial charge < -0.3 is 19.3 Å². The Bertz CT molecular complexity index is 652. The van der Waals surface area contributed by atoms with Gasteiger partial charge in [-0.05, 0) is 12.8 Å². The van der Waals surface area contributed by atoms with E-state index in [9.17, 15) is 9.59 Å². The molecule has 130 valence electrons. The van der Waals surface area contributed by atoms with Gasteiger partial charge in [-0.25, -0.2) is 0 Å². The second kappa shape index (κ2) is 5.86. The Labute approximate surface area is 140 Å². The van der Waals surface area contributed by atoms with Crippen LogP contribution in [0.4, 0.5) is 0 Å². The Hall–Kier alpha value is -1.93. The molecule has 8 nitrogen and oxygen atoms in total. The van der Waals surface area contributed by atoms with E-state index >= 15 is 0 Å². The SMILES string of the molecule is Cn1cc(C(=O)N2CCOC3(C2)CN(C(=O)C2CC2)CCO3)cn1. The van der Waals surface area contributed by atoms with Gasteiger partial charge in [0, 0.05) is 32.3 Å². The fraction of sp³-hybridized carbons (Fsp3) is 0.688. The Morgan fingerprint density at radius 2 is 1.83 bits per heavy atom. The fourth-order valence-corrected chi connectivity index (χ4v) is 3.36. The van der Waals surface area contributed by atoms with Crippen LogP contribution in [0.15, 0.2) is 12.4 Å². The van der Waals surface area contributed by atoms with Gasteiger partial charge in [0.15, 0.2) is 0 Å². The standard InChI is InChI=1S/C16H22N4O4/c1-18-9-13(8-17-18)15(22)20-5-7-24-16(11-20)10-19(4-6-23-16)14(21)12-2-3-12/h8-9,12H,2-7,10-11H2,1H3. The lowest BCUT2D eigenvalue weighted by molar-refractivity contribution is -0.284. The molecule has 0 aromatic carbocycles. The number of amides is 2. The molecule has 0 N–H and O–H groups in total. The molecule has 1 saturated carbocycles. The molecule has 0 bridgehead atoms. The van der Waals surface area contributed by atoms with Gasteiger partial charge in [0.2, 0.25) is 11.7 Å². The maximum absolute atomic E-state index is 12.7. The van der Waals surface area contributed by atoms with Crippen molar-refractivity contribution in [1.29, 1.82) is 0 Å². The van der Waals surface area contributed by atoms with E-state index in [2.05, 4.69) is 5.10 Å². The Morgan fingerprint density at radius 3 is 2.46 bits per heavy atom. The van der Waals surface area contributed by atoms with E-state index in [1.165, 1.54) is 0 Å². The molecule has 1 spiro atoms. The van der Waals surface area contributed by atoms with Gasteiger partial charge in [-0.1, -0.05) is 0 Å². The summed E-state index contributed by atoms with van der Waals surface area (Å²) in [5, 5.41) is 4.05. The molecule has 3 fully saturated rings. The van der Waals surface area contributed by atoms with Crippen molar-refractivity contribution in [3.05, 3.63) is 18.0 Å². The molecule has 0 radical (unpaired) electrons. The van der Waals surface area contributed by atoms with Crippen LogP contribution in [0.1, 0.15) is 23.2 Å². The molecule has 1 aliphatic carbocycles. The van der Waals surface area contributed by atoms with Gasteiger partial charge in [-0.15, -0.1) is 0 Å². The van der Waals surface area contributed by atoms with Gasteiger partial charge in [-0.3, -0.25) is 14.3 Å². The second-order valence-corrected chi connectivity index (χ2v) is 6.77. The van der Waals surface area contributed by atoms with Crippen LogP contribution in [0.25, 0.3) is 0 Å². The van der Waals surface area contributed by atoms with E-state index in [0.29, 0.717) is 45.0 Å². The lowest BCUT2D eigenvalue weighted by Crippen LogP contribution is -2.63. The van der Waals surface area contributed by atoms with Crippen LogP contribution < -0.4 is 0 Å². The molecule has 1 atom stereocenters. The van der Waals surface area contributed by atoms with Gasteiger partial charge in [0.25, 0.3) is 5.91 Å². The Morgan fingerprint density at radius 1 is 1.17 bits per heavy atom. The first-order chi connectivity index (χ1) is 11.6. The average Bonchev–Trinajstić information content (AvgIpc) is 3.35. The lowest BCUT2D eigenvalue weighted by atomic mass is 10.1. The van der Waals surface area contributed by atoms with Crippen molar-refractivity contribution in [1.82, 2.24) is 19.6 Å². The molecule has 8 heteroatoms. The Balaban J connectivity index is 1.47. The third kappa shape index (κ3) is 2.91. The van der Waals surface area contributed by atoms with Crippen LogP contribution >= 0.6 is 0 Å². The number of ether oxygens (including phenoxy) is 2. The quantitative estimate of drug-likeness (QED) is 0.752. The number of hydrogen-bond donors (Lipinski definition) is 0. The highest BCUT2D eigenvalue weighted by Crippen LogP contribution is 2.33. The molecular formula is C16H22N4O4. The summed E-state index contributed by atoms with van der Waals surface area (Å²) in [6, 6.07) is 0. The molecule has 24 heavy (non-hydrogen) atoms. The van der Waals surface area contributed by atoms with E-state index < -0.39 is 5.79 Å². The molecule has 2 saturated heterocycles. The summed E-state index contributed by atoms with van der Waals surface area (Å²) in [5.74, 6) is -0.618. The van der Waals surface area contributed by atoms with Crippen LogP contribution in [-0.2, 0) is 21.3 Å². The highest BCUT2D eigenvalue weighted by atomic mass is 16.7. The maximum Gasteiger partial charge on any atom is 0.257 e. The van der Waals surface area contributed by atoms with Crippen LogP contribution in [0, 0.1) is 5.92 Å². The number of morpholine rings is 2. The van der Waals surface area contributed by atoms with Gasteiger partial charge in [-0.2, -0.15) is 5.10 Å².